The number of aromatic nitrogens is 2. The van der Waals surface area contributed by atoms with E-state index in [0.29, 0.717) is 25.7 Å². The van der Waals surface area contributed by atoms with Crippen molar-refractivity contribution in [2.45, 2.75) is 51.1 Å². The van der Waals surface area contributed by atoms with Gasteiger partial charge in [-0.2, -0.15) is 5.10 Å². The number of rotatable bonds is 5. The fourth-order valence-corrected chi connectivity index (χ4v) is 2.66. The van der Waals surface area contributed by atoms with Gasteiger partial charge in [-0.15, -0.1) is 0 Å². The molecule has 1 aromatic heterocycles. The third kappa shape index (κ3) is 3.66. The third-order valence-electron chi connectivity index (χ3n) is 4.32. The van der Waals surface area contributed by atoms with Crippen LogP contribution in [0, 0.1) is 16.0 Å². The molecule has 1 aliphatic carbocycles. The van der Waals surface area contributed by atoms with Crippen LogP contribution >= 0.6 is 0 Å². The summed E-state index contributed by atoms with van der Waals surface area (Å²) < 4.78 is 1.27. The highest BCUT2D eigenvalue weighted by molar-refractivity contribution is 5.83. The van der Waals surface area contributed by atoms with Crippen molar-refractivity contribution >= 4 is 17.6 Å². The van der Waals surface area contributed by atoms with Crippen molar-refractivity contribution < 1.29 is 19.6 Å². The first-order valence-electron chi connectivity index (χ1n) is 7.45. The second kappa shape index (κ2) is 6.35. The van der Waals surface area contributed by atoms with Crippen molar-refractivity contribution in [2.24, 2.45) is 5.92 Å². The van der Waals surface area contributed by atoms with Gasteiger partial charge in [0.2, 0.25) is 5.91 Å². The fourth-order valence-electron chi connectivity index (χ4n) is 2.66. The lowest BCUT2D eigenvalue weighted by Crippen LogP contribution is -2.49. The Morgan fingerprint density at radius 3 is 2.48 bits per heavy atom. The summed E-state index contributed by atoms with van der Waals surface area (Å²) in [5, 5.41) is 26.5. The number of hydrogen-bond donors (Lipinski definition) is 2. The molecular weight excluding hydrogens is 304 g/mol. The minimum absolute atomic E-state index is 0.0806. The van der Waals surface area contributed by atoms with E-state index in [1.807, 2.05) is 0 Å². The van der Waals surface area contributed by atoms with Gasteiger partial charge in [0.25, 0.3) is 0 Å². The Balaban J connectivity index is 1.99. The molecule has 1 aromatic rings. The molecule has 1 fully saturated rings. The molecule has 9 nitrogen and oxygen atoms in total. The average molecular weight is 324 g/mol. The Hall–Kier alpha value is -2.45. The van der Waals surface area contributed by atoms with Crippen LogP contribution < -0.4 is 5.32 Å². The van der Waals surface area contributed by atoms with Crippen LogP contribution in [0.3, 0.4) is 0 Å². The van der Waals surface area contributed by atoms with Crippen LogP contribution in [0.2, 0.25) is 0 Å². The standard InChI is InChI=1S/C14H20N4O5/c1-14(2,17-8-11(7-15-17)18(22)23)13(21)16-10-5-3-9(4-6-10)12(19)20/h7-10H,3-6H2,1-2H3,(H,16,21)(H,19,20). The van der Waals surface area contributed by atoms with E-state index in [9.17, 15) is 19.7 Å². The van der Waals surface area contributed by atoms with Gasteiger partial charge in [0, 0.05) is 6.04 Å². The molecule has 1 amide bonds. The molecular formula is C14H20N4O5. The number of carboxylic acids is 1. The number of hydrogen-bond acceptors (Lipinski definition) is 5. The molecule has 0 bridgehead atoms. The Kier molecular flexibility index (Phi) is 4.67. The molecule has 2 N–H and O–H groups in total. The van der Waals surface area contributed by atoms with E-state index in [-0.39, 0.29) is 23.6 Å². The van der Waals surface area contributed by atoms with Crippen LogP contribution in [0.1, 0.15) is 39.5 Å². The molecule has 0 aliphatic heterocycles. The summed E-state index contributed by atoms with van der Waals surface area (Å²) in [6.07, 6.45) is 4.62. The summed E-state index contributed by atoms with van der Waals surface area (Å²) in [5.74, 6) is -1.43. The smallest absolute Gasteiger partial charge is 0.307 e. The molecule has 126 valence electrons. The van der Waals surface area contributed by atoms with Crippen molar-refractivity contribution in [2.75, 3.05) is 0 Å². The number of aliphatic carboxylic acids is 1. The summed E-state index contributed by atoms with van der Waals surface area (Å²) >= 11 is 0. The minimum atomic E-state index is -1.07. The summed E-state index contributed by atoms with van der Waals surface area (Å²) in [6, 6.07) is -0.0806. The van der Waals surface area contributed by atoms with Crippen LogP contribution in [-0.2, 0) is 15.1 Å². The van der Waals surface area contributed by atoms with Crippen LogP contribution in [0.5, 0.6) is 0 Å². The molecule has 23 heavy (non-hydrogen) atoms. The first-order valence-corrected chi connectivity index (χ1v) is 7.45. The van der Waals surface area contributed by atoms with E-state index in [0.717, 1.165) is 6.20 Å². The van der Waals surface area contributed by atoms with E-state index in [4.69, 9.17) is 5.11 Å². The SMILES string of the molecule is CC(C)(C(=O)NC1CCC(C(=O)O)CC1)n1cc([N+](=O)[O-])cn1. The summed E-state index contributed by atoms with van der Waals surface area (Å²) in [7, 11) is 0. The predicted molar refractivity (Wildman–Crippen MR) is 79.7 cm³/mol. The zero-order valence-electron chi connectivity index (χ0n) is 13.1. The zero-order valence-corrected chi connectivity index (χ0v) is 13.1. The maximum absolute atomic E-state index is 12.5. The molecule has 1 aliphatic rings. The predicted octanol–water partition coefficient (Wildman–Crippen LogP) is 1.29. The van der Waals surface area contributed by atoms with Crippen molar-refractivity contribution in [3.05, 3.63) is 22.5 Å². The van der Waals surface area contributed by atoms with Gasteiger partial charge in [0.05, 0.1) is 10.8 Å². The monoisotopic (exact) mass is 324 g/mol. The van der Waals surface area contributed by atoms with E-state index in [1.165, 1.54) is 10.9 Å². The highest BCUT2D eigenvalue weighted by atomic mass is 16.6. The Morgan fingerprint density at radius 2 is 2.00 bits per heavy atom. The molecule has 0 radical (unpaired) electrons. The van der Waals surface area contributed by atoms with E-state index < -0.39 is 16.4 Å². The van der Waals surface area contributed by atoms with Crippen molar-refractivity contribution in [1.82, 2.24) is 15.1 Å². The van der Waals surface area contributed by atoms with Gasteiger partial charge in [-0.25, -0.2) is 0 Å². The van der Waals surface area contributed by atoms with E-state index in [2.05, 4.69) is 10.4 Å². The van der Waals surface area contributed by atoms with Crippen LogP contribution in [0.25, 0.3) is 0 Å². The van der Waals surface area contributed by atoms with Gasteiger partial charge in [-0.05, 0) is 39.5 Å². The average Bonchev–Trinajstić information content (AvgIpc) is 2.98. The third-order valence-corrected chi connectivity index (χ3v) is 4.32. The summed E-state index contributed by atoms with van der Waals surface area (Å²) in [4.78, 5) is 33.6. The maximum atomic E-state index is 12.5. The zero-order chi connectivity index (χ0) is 17.2. The topological polar surface area (TPSA) is 127 Å². The number of carboxylic acid groups (broad SMARTS) is 1. The molecule has 0 aromatic carbocycles. The molecule has 9 heteroatoms. The number of carbonyl (C=O) groups is 2. The van der Waals surface area contributed by atoms with Crippen molar-refractivity contribution in [3.8, 4) is 0 Å². The number of nitro groups is 1. The second-order valence-electron chi connectivity index (χ2n) is 6.32. The van der Waals surface area contributed by atoms with Gasteiger partial charge < -0.3 is 10.4 Å². The van der Waals surface area contributed by atoms with Crippen molar-refractivity contribution in [1.29, 1.82) is 0 Å². The fraction of sp³-hybridized carbons (Fsp3) is 0.643. The maximum Gasteiger partial charge on any atom is 0.307 e. The molecule has 0 unspecified atom stereocenters. The molecule has 0 saturated heterocycles. The first kappa shape index (κ1) is 16.9. The van der Waals surface area contributed by atoms with E-state index >= 15 is 0 Å². The molecule has 0 atom stereocenters. The highest BCUT2D eigenvalue weighted by Gasteiger charge is 2.34. The minimum Gasteiger partial charge on any atom is -0.481 e. The highest BCUT2D eigenvalue weighted by Crippen LogP contribution is 2.26. The lowest BCUT2D eigenvalue weighted by atomic mass is 9.86. The largest absolute Gasteiger partial charge is 0.481 e. The molecule has 0 spiro atoms. The Morgan fingerprint density at radius 1 is 1.39 bits per heavy atom. The number of carbonyl (C=O) groups excluding carboxylic acids is 1. The van der Waals surface area contributed by atoms with Crippen LogP contribution in [0.15, 0.2) is 12.4 Å². The number of nitrogens with one attached hydrogen (secondary N) is 1. The van der Waals surface area contributed by atoms with Gasteiger partial charge in [-0.1, -0.05) is 0 Å². The quantitative estimate of drug-likeness (QED) is 0.620. The summed E-state index contributed by atoms with van der Waals surface area (Å²) in [5.41, 5.74) is -1.24. The Labute approximate surface area is 132 Å². The molecule has 1 heterocycles. The van der Waals surface area contributed by atoms with Gasteiger partial charge >= 0.3 is 11.7 Å². The first-order chi connectivity index (χ1) is 10.7. The van der Waals surface area contributed by atoms with Crippen LogP contribution in [0.4, 0.5) is 5.69 Å². The van der Waals surface area contributed by atoms with Crippen molar-refractivity contribution in [3.63, 3.8) is 0 Å². The van der Waals surface area contributed by atoms with Gasteiger partial charge in [0.1, 0.15) is 17.9 Å². The number of nitrogens with zero attached hydrogens (tertiary/aromatic N) is 3. The lowest BCUT2D eigenvalue weighted by molar-refractivity contribution is -0.385. The summed E-state index contributed by atoms with van der Waals surface area (Å²) in [6.45, 7) is 3.25. The Bertz CT molecular complexity index is 616. The number of amides is 1. The van der Waals surface area contributed by atoms with Gasteiger partial charge in [-0.3, -0.25) is 24.4 Å². The van der Waals surface area contributed by atoms with Crippen LogP contribution in [-0.4, -0.2) is 37.7 Å². The van der Waals surface area contributed by atoms with Gasteiger partial charge in [0.15, 0.2) is 0 Å². The lowest BCUT2D eigenvalue weighted by Gasteiger charge is -2.31. The second-order valence-corrected chi connectivity index (χ2v) is 6.32. The normalized spacial score (nSPS) is 21.7. The molecule has 2 rings (SSSR count). The van der Waals surface area contributed by atoms with E-state index in [1.54, 1.807) is 13.8 Å². The molecule has 1 saturated carbocycles.